The molecule has 3 nitrogen and oxygen atoms in total. The first-order valence-corrected chi connectivity index (χ1v) is 7.88. The summed E-state index contributed by atoms with van der Waals surface area (Å²) in [6, 6.07) is 14.9. The van der Waals surface area contributed by atoms with E-state index in [1.807, 2.05) is 35.7 Å². The van der Waals surface area contributed by atoms with Gasteiger partial charge in [-0.1, -0.05) is 48.5 Å². The lowest BCUT2D eigenvalue weighted by Crippen LogP contribution is -2.08. The summed E-state index contributed by atoms with van der Waals surface area (Å²) in [6.07, 6.45) is -3.27. The van der Waals surface area contributed by atoms with E-state index in [1.54, 1.807) is 0 Å². The number of aromatic nitrogens is 1. The highest BCUT2D eigenvalue weighted by Gasteiger charge is 2.32. The van der Waals surface area contributed by atoms with Crippen molar-refractivity contribution in [1.82, 2.24) is 4.98 Å². The zero-order valence-corrected chi connectivity index (χ0v) is 13.1. The molecule has 2 aromatic carbocycles. The first-order chi connectivity index (χ1) is 11.5. The normalized spacial score (nSPS) is 11.8. The number of thiazole rings is 1. The smallest absolute Gasteiger partial charge is 0.253 e. The Kier molecular flexibility index (Phi) is 4.61. The zero-order chi connectivity index (χ0) is 17.0. The average Bonchev–Trinajstić information content (AvgIpc) is 3.04. The van der Waals surface area contributed by atoms with Crippen molar-refractivity contribution in [2.45, 2.75) is 6.18 Å². The number of nitrogens with one attached hydrogen (secondary N) is 1. The average molecular weight is 347 g/mol. The van der Waals surface area contributed by atoms with Crippen LogP contribution >= 0.6 is 11.3 Å². The summed E-state index contributed by atoms with van der Waals surface area (Å²) in [4.78, 5) is 4.35. The quantitative estimate of drug-likeness (QED) is 0.515. The number of rotatable bonds is 4. The molecule has 1 heterocycles. The summed E-state index contributed by atoms with van der Waals surface area (Å²) in [5.74, 6) is 0. The Labute approximate surface area is 140 Å². The lowest BCUT2D eigenvalue weighted by molar-refractivity contribution is -0.137. The minimum absolute atomic E-state index is 0.00246. The first-order valence-electron chi connectivity index (χ1n) is 7.00. The molecule has 0 fully saturated rings. The van der Waals surface area contributed by atoms with Crippen molar-refractivity contribution in [3.05, 3.63) is 71.1 Å². The van der Waals surface area contributed by atoms with E-state index in [-0.39, 0.29) is 5.56 Å². The number of halogens is 3. The molecule has 0 saturated carbocycles. The van der Waals surface area contributed by atoms with Crippen LogP contribution in [-0.2, 0) is 6.18 Å². The number of anilines is 1. The molecule has 0 unspecified atom stereocenters. The minimum atomic E-state index is -4.41. The van der Waals surface area contributed by atoms with Crippen molar-refractivity contribution in [2.75, 3.05) is 5.43 Å². The van der Waals surface area contributed by atoms with Crippen LogP contribution in [0.3, 0.4) is 0 Å². The van der Waals surface area contributed by atoms with Gasteiger partial charge in [-0.25, -0.2) is 4.98 Å². The SMILES string of the molecule is FC(F)(F)c1ccccc1C=NNc1nc(-c2ccccc2)cs1. The van der Waals surface area contributed by atoms with Crippen LogP contribution in [0.4, 0.5) is 18.3 Å². The molecule has 0 aliphatic carbocycles. The van der Waals surface area contributed by atoms with E-state index in [0.29, 0.717) is 5.13 Å². The van der Waals surface area contributed by atoms with Crippen LogP contribution in [0.25, 0.3) is 11.3 Å². The first kappa shape index (κ1) is 16.2. The fourth-order valence-electron chi connectivity index (χ4n) is 2.09. The highest BCUT2D eigenvalue weighted by molar-refractivity contribution is 7.14. The van der Waals surface area contributed by atoms with Gasteiger partial charge in [0.1, 0.15) is 0 Å². The summed E-state index contributed by atoms with van der Waals surface area (Å²) in [6.45, 7) is 0. The molecule has 0 aliphatic heterocycles. The van der Waals surface area contributed by atoms with Gasteiger partial charge in [-0.2, -0.15) is 18.3 Å². The van der Waals surface area contributed by atoms with Gasteiger partial charge in [0.25, 0.3) is 0 Å². The van der Waals surface area contributed by atoms with Crippen LogP contribution in [0.2, 0.25) is 0 Å². The molecular weight excluding hydrogens is 335 g/mol. The van der Waals surface area contributed by atoms with E-state index in [1.165, 1.54) is 29.5 Å². The van der Waals surface area contributed by atoms with Gasteiger partial charge in [0.15, 0.2) is 0 Å². The molecule has 0 bridgehead atoms. The fourth-order valence-corrected chi connectivity index (χ4v) is 2.76. The van der Waals surface area contributed by atoms with Gasteiger partial charge >= 0.3 is 6.18 Å². The number of benzene rings is 2. The Balaban J connectivity index is 1.73. The molecule has 0 amide bonds. The Morgan fingerprint density at radius 1 is 1.00 bits per heavy atom. The zero-order valence-electron chi connectivity index (χ0n) is 12.3. The number of hydrazone groups is 1. The van der Waals surface area contributed by atoms with Crippen LogP contribution in [0.5, 0.6) is 0 Å². The predicted molar refractivity (Wildman–Crippen MR) is 90.2 cm³/mol. The van der Waals surface area contributed by atoms with E-state index < -0.39 is 11.7 Å². The van der Waals surface area contributed by atoms with Gasteiger partial charge in [0, 0.05) is 16.5 Å². The van der Waals surface area contributed by atoms with E-state index in [2.05, 4.69) is 15.5 Å². The Bertz CT molecular complexity index is 842. The molecule has 24 heavy (non-hydrogen) atoms. The molecule has 1 N–H and O–H groups in total. The van der Waals surface area contributed by atoms with Crippen LogP contribution < -0.4 is 5.43 Å². The third-order valence-electron chi connectivity index (χ3n) is 3.20. The van der Waals surface area contributed by atoms with E-state index in [0.717, 1.165) is 23.5 Å². The number of hydrogen-bond acceptors (Lipinski definition) is 4. The van der Waals surface area contributed by atoms with E-state index >= 15 is 0 Å². The van der Waals surface area contributed by atoms with Gasteiger partial charge in [0.05, 0.1) is 17.5 Å². The van der Waals surface area contributed by atoms with Crippen molar-refractivity contribution in [2.24, 2.45) is 5.10 Å². The highest BCUT2D eigenvalue weighted by atomic mass is 32.1. The van der Waals surface area contributed by atoms with E-state index in [4.69, 9.17) is 0 Å². The monoisotopic (exact) mass is 347 g/mol. The van der Waals surface area contributed by atoms with Crippen molar-refractivity contribution in [1.29, 1.82) is 0 Å². The maximum absolute atomic E-state index is 12.9. The van der Waals surface area contributed by atoms with Gasteiger partial charge in [-0.3, -0.25) is 5.43 Å². The second-order valence-corrected chi connectivity index (χ2v) is 5.72. The van der Waals surface area contributed by atoms with Gasteiger partial charge in [0.2, 0.25) is 5.13 Å². The summed E-state index contributed by atoms with van der Waals surface area (Å²) < 4.78 is 38.7. The topological polar surface area (TPSA) is 37.3 Å². The fraction of sp³-hybridized carbons (Fsp3) is 0.0588. The molecule has 0 saturated heterocycles. The number of nitrogens with zero attached hydrogens (tertiary/aromatic N) is 2. The molecule has 3 aromatic rings. The Morgan fingerprint density at radius 2 is 1.71 bits per heavy atom. The largest absolute Gasteiger partial charge is 0.417 e. The maximum atomic E-state index is 12.9. The van der Waals surface area contributed by atoms with Crippen LogP contribution in [-0.4, -0.2) is 11.2 Å². The van der Waals surface area contributed by atoms with E-state index in [9.17, 15) is 13.2 Å². The van der Waals surface area contributed by atoms with Crippen molar-refractivity contribution >= 4 is 22.7 Å². The van der Waals surface area contributed by atoms with Crippen molar-refractivity contribution < 1.29 is 13.2 Å². The van der Waals surface area contributed by atoms with Gasteiger partial charge < -0.3 is 0 Å². The number of hydrogen-bond donors (Lipinski definition) is 1. The lowest BCUT2D eigenvalue weighted by atomic mass is 10.1. The molecule has 0 atom stereocenters. The lowest BCUT2D eigenvalue weighted by Gasteiger charge is -2.08. The van der Waals surface area contributed by atoms with Crippen LogP contribution in [0.15, 0.2) is 65.1 Å². The minimum Gasteiger partial charge on any atom is -0.253 e. The molecule has 7 heteroatoms. The van der Waals surface area contributed by atoms with Crippen molar-refractivity contribution in [3.63, 3.8) is 0 Å². The summed E-state index contributed by atoms with van der Waals surface area (Å²) >= 11 is 1.33. The molecule has 1 aromatic heterocycles. The Hall–Kier alpha value is -2.67. The Morgan fingerprint density at radius 3 is 2.46 bits per heavy atom. The second-order valence-electron chi connectivity index (χ2n) is 4.86. The predicted octanol–water partition coefficient (Wildman–Crippen LogP) is 5.27. The second kappa shape index (κ2) is 6.84. The van der Waals surface area contributed by atoms with Gasteiger partial charge in [-0.15, -0.1) is 11.3 Å². The van der Waals surface area contributed by atoms with Crippen LogP contribution in [0, 0.1) is 0 Å². The summed E-state index contributed by atoms with van der Waals surface area (Å²) in [5, 5.41) is 6.23. The summed E-state index contributed by atoms with van der Waals surface area (Å²) in [5.41, 5.74) is 3.70. The van der Waals surface area contributed by atoms with Crippen LogP contribution in [0.1, 0.15) is 11.1 Å². The molecular formula is C17H12F3N3S. The highest BCUT2D eigenvalue weighted by Crippen LogP contribution is 2.31. The maximum Gasteiger partial charge on any atom is 0.417 e. The standard InChI is InChI=1S/C17H12F3N3S/c18-17(19,20)14-9-5-4-8-13(14)10-21-23-16-22-15(11-24-16)12-6-2-1-3-7-12/h1-11H,(H,22,23). The molecule has 0 aliphatic rings. The third-order valence-corrected chi connectivity index (χ3v) is 3.95. The van der Waals surface area contributed by atoms with Crippen molar-refractivity contribution in [3.8, 4) is 11.3 Å². The third kappa shape index (κ3) is 3.80. The molecule has 0 spiro atoms. The molecule has 3 rings (SSSR count). The molecule has 122 valence electrons. The molecule has 0 radical (unpaired) electrons. The summed E-state index contributed by atoms with van der Waals surface area (Å²) in [7, 11) is 0. The number of alkyl halides is 3. The van der Waals surface area contributed by atoms with Gasteiger partial charge in [-0.05, 0) is 6.07 Å².